The summed E-state index contributed by atoms with van der Waals surface area (Å²) in [4.78, 5) is 0. The highest BCUT2D eigenvalue weighted by Gasteiger charge is 1.98. The van der Waals surface area contributed by atoms with Gasteiger partial charge in [0, 0.05) is 0 Å². The largest absolute Gasteiger partial charge is 0.389 e. The number of unbranched alkanes of at least 4 members (excludes halogenated alkanes) is 2. The minimum atomic E-state index is -0.468. The number of aliphatic hydroxyl groups is 2. The summed E-state index contributed by atoms with van der Waals surface area (Å²) in [7, 11) is 0. The summed E-state index contributed by atoms with van der Waals surface area (Å²) < 4.78 is 0. The molecule has 0 fully saturated rings. The van der Waals surface area contributed by atoms with Crippen LogP contribution in [-0.4, -0.2) is 22.4 Å². The molecule has 0 aromatic carbocycles. The topological polar surface area (TPSA) is 40.5 Å². The Morgan fingerprint density at radius 3 is 2.33 bits per heavy atom. The molecule has 0 rings (SSSR count). The van der Waals surface area contributed by atoms with Crippen LogP contribution in [0.4, 0.5) is 0 Å². The van der Waals surface area contributed by atoms with Gasteiger partial charge in [0.15, 0.2) is 0 Å². The van der Waals surface area contributed by atoms with E-state index in [0.717, 1.165) is 25.7 Å². The van der Waals surface area contributed by atoms with E-state index in [4.69, 9.17) is 5.11 Å². The number of allylic oxidation sites excluding steroid dienone is 2. The summed E-state index contributed by atoms with van der Waals surface area (Å²) in [6, 6.07) is 0. The van der Waals surface area contributed by atoms with Gasteiger partial charge >= 0.3 is 0 Å². The minimum Gasteiger partial charge on any atom is -0.389 e. The Balaban J connectivity index is 3.42. The van der Waals surface area contributed by atoms with Crippen molar-refractivity contribution in [2.45, 2.75) is 58.2 Å². The fraction of sp³-hybridized carbons (Fsp3) is 0.692. The van der Waals surface area contributed by atoms with Gasteiger partial charge in [-0.2, -0.15) is 0 Å². The predicted octanol–water partition coefficient (Wildman–Crippen LogP) is 2.81. The fourth-order valence-electron chi connectivity index (χ4n) is 1.23. The molecule has 0 aliphatic heterocycles. The van der Waals surface area contributed by atoms with E-state index in [0.29, 0.717) is 0 Å². The molecule has 0 saturated carbocycles. The van der Waals surface area contributed by atoms with Gasteiger partial charge < -0.3 is 10.2 Å². The fourth-order valence-corrected chi connectivity index (χ4v) is 1.23. The maximum atomic E-state index is 9.48. The molecular weight excluding hydrogens is 188 g/mol. The molecule has 2 atom stereocenters. The third-order valence-electron chi connectivity index (χ3n) is 2.10. The van der Waals surface area contributed by atoms with Gasteiger partial charge in [-0.15, -0.1) is 0 Å². The van der Waals surface area contributed by atoms with Crippen molar-refractivity contribution in [3.05, 3.63) is 24.3 Å². The van der Waals surface area contributed by atoms with E-state index in [1.807, 2.05) is 0 Å². The average molecular weight is 212 g/mol. The van der Waals surface area contributed by atoms with E-state index in [9.17, 15) is 5.11 Å². The van der Waals surface area contributed by atoms with Gasteiger partial charge in [-0.3, -0.25) is 0 Å². The minimum absolute atomic E-state index is 0.417. The van der Waals surface area contributed by atoms with Gasteiger partial charge in [0.05, 0.1) is 12.2 Å². The summed E-state index contributed by atoms with van der Waals surface area (Å²) in [5, 5.41) is 18.4. The van der Waals surface area contributed by atoms with Crippen LogP contribution in [-0.2, 0) is 0 Å². The summed E-state index contributed by atoms with van der Waals surface area (Å²) >= 11 is 0. The smallest absolute Gasteiger partial charge is 0.0721 e. The first-order valence-corrected chi connectivity index (χ1v) is 5.86. The lowest BCUT2D eigenvalue weighted by atomic mass is 10.1. The van der Waals surface area contributed by atoms with Gasteiger partial charge in [-0.25, -0.2) is 0 Å². The molecule has 0 radical (unpaired) electrons. The Morgan fingerprint density at radius 1 is 1.07 bits per heavy atom. The third-order valence-corrected chi connectivity index (χ3v) is 2.10. The van der Waals surface area contributed by atoms with E-state index in [1.54, 1.807) is 19.1 Å². The SMILES string of the molecule is CCCC=CCCCC(O)C=CC(C)O. The number of rotatable bonds is 8. The lowest BCUT2D eigenvalue weighted by Crippen LogP contribution is -2.03. The van der Waals surface area contributed by atoms with Crippen LogP contribution in [0, 0.1) is 0 Å². The van der Waals surface area contributed by atoms with Crippen molar-refractivity contribution in [3.8, 4) is 0 Å². The van der Waals surface area contributed by atoms with Gasteiger partial charge in [-0.1, -0.05) is 37.6 Å². The lowest BCUT2D eigenvalue weighted by molar-refractivity contribution is 0.203. The Morgan fingerprint density at radius 2 is 1.73 bits per heavy atom. The van der Waals surface area contributed by atoms with Gasteiger partial charge in [0.25, 0.3) is 0 Å². The molecule has 0 heterocycles. The first-order valence-electron chi connectivity index (χ1n) is 5.86. The zero-order chi connectivity index (χ0) is 11.5. The van der Waals surface area contributed by atoms with Gasteiger partial charge in [0.2, 0.25) is 0 Å². The highest BCUT2D eigenvalue weighted by molar-refractivity contribution is 4.92. The Kier molecular flexibility index (Phi) is 9.54. The van der Waals surface area contributed by atoms with Crippen LogP contribution < -0.4 is 0 Å². The second-order valence-corrected chi connectivity index (χ2v) is 3.88. The van der Waals surface area contributed by atoms with Crippen molar-refractivity contribution >= 4 is 0 Å². The van der Waals surface area contributed by atoms with E-state index in [2.05, 4.69) is 19.1 Å². The summed E-state index contributed by atoms with van der Waals surface area (Å²) in [5.74, 6) is 0. The lowest BCUT2D eigenvalue weighted by Gasteiger charge is -2.04. The average Bonchev–Trinajstić information content (AvgIpc) is 2.20. The molecule has 2 N–H and O–H groups in total. The molecule has 0 bridgehead atoms. The van der Waals surface area contributed by atoms with Crippen LogP contribution in [0.3, 0.4) is 0 Å². The first-order chi connectivity index (χ1) is 7.16. The number of hydrogen-bond acceptors (Lipinski definition) is 2. The number of hydrogen-bond donors (Lipinski definition) is 2. The van der Waals surface area contributed by atoms with Crippen LogP contribution >= 0.6 is 0 Å². The molecule has 2 nitrogen and oxygen atoms in total. The van der Waals surface area contributed by atoms with E-state index < -0.39 is 12.2 Å². The zero-order valence-corrected chi connectivity index (χ0v) is 9.89. The van der Waals surface area contributed by atoms with Crippen molar-refractivity contribution < 1.29 is 10.2 Å². The molecule has 0 spiro atoms. The summed E-state index contributed by atoms with van der Waals surface area (Å²) in [6.45, 7) is 3.84. The molecule has 2 unspecified atom stereocenters. The Hall–Kier alpha value is -0.600. The first kappa shape index (κ1) is 14.4. The summed E-state index contributed by atoms with van der Waals surface area (Å²) in [5.41, 5.74) is 0. The molecule has 2 heteroatoms. The zero-order valence-electron chi connectivity index (χ0n) is 9.89. The highest BCUT2D eigenvalue weighted by atomic mass is 16.3. The standard InChI is InChI=1S/C13H24O2/c1-3-4-5-6-7-8-9-13(15)11-10-12(2)14/h5-6,10-15H,3-4,7-9H2,1-2H3. The molecule has 0 amide bonds. The molecule has 0 aliphatic carbocycles. The molecule has 0 aromatic heterocycles. The Labute approximate surface area is 93.3 Å². The highest BCUT2D eigenvalue weighted by Crippen LogP contribution is 2.04. The van der Waals surface area contributed by atoms with Gasteiger partial charge in [-0.05, 0) is 32.6 Å². The third kappa shape index (κ3) is 11.3. The molecule has 0 saturated heterocycles. The Bertz CT molecular complexity index is 183. The molecular formula is C13H24O2. The van der Waals surface area contributed by atoms with Crippen LogP contribution in [0.2, 0.25) is 0 Å². The van der Waals surface area contributed by atoms with Crippen LogP contribution in [0.25, 0.3) is 0 Å². The van der Waals surface area contributed by atoms with E-state index in [1.165, 1.54) is 6.42 Å². The molecule has 0 aliphatic rings. The molecule has 15 heavy (non-hydrogen) atoms. The van der Waals surface area contributed by atoms with Crippen molar-refractivity contribution in [2.24, 2.45) is 0 Å². The van der Waals surface area contributed by atoms with Crippen LogP contribution in [0.5, 0.6) is 0 Å². The second kappa shape index (κ2) is 9.94. The van der Waals surface area contributed by atoms with Crippen molar-refractivity contribution in [1.82, 2.24) is 0 Å². The quantitative estimate of drug-likeness (QED) is 0.480. The summed E-state index contributed by atoms with van der Waals surface area (Å²) in [6.07, 6.45) is 11.9. The number of aliphatic hydroxyl groups excluding tert-OH is 2. The molecule has 88 valence electrons. The van der Waals surface area contributed by atoms with Crippen molar-refractivity contribution in [1.29, 1.82) is 0 Å². The second-order valence-electron chi connectivity index (χ2n) is 3.88. The molecule has 0 aromatic rings. The van der Waals surface area contributed by atoms with Crippen LogP contribution in [0.1, 0.15) is 46.0 Å². The predicted molar refractivity (Wildman–Crippen MR) is 64.7 cm³/mol. The van der Waals surface area contributed by atoms with Gasteiger partial charge in [0.1, 0.15) is 0 Å². The maximum Gasteiger partial charge on any atom is 0.0721 e. The maximum absolute atomic E-state index is 9.48. The van der Waals surface area contributed by atoms with Crippen molar-refractivity contribution in [2.75, 3.05) is 0 Å². The van der Waals surface area contributed by atoms with Crippen molar-refractivity contribution in [3.63, 3.8) is 0 Å². The van der Waals surface area contributed by atoms with Crippen LogP contribution in [0.15, 0.2) is 24.3 Å². The van der Waals surface area contributed by atoms with E-state index >= 15 is 0 Å². The monoisotopic (exact) mass is 212 g/mol. The normalized spacial score (nSPS) is 16.3. The van der Waals surface area contributed by atoms with E-state index in [-0.39, 0.29) is 0 Å².